The van der Waals surface area contributed by atoms with Crippen LogP contribution in [0.3, 0.4) is 0 Å². The second-order valence-corrected chi connectivity index (χ2v) is 10.8. The van der Waals surface area contributed by atoms with Crippen molar-refractivity contribution in [3.63, 3.8) is 0 Å². The van der Waals surface area contributed by atoms with Crippen LogP contribution in [0.4, 0.5) is 0 Å². The summed E-state index contributed by atoms with van der Waals surface area (Å²) in [5.74, 6) is 0.670. The summed E-state index contributed by atoms with van der Waals surface area (Å²) in [7, 11) is 1.67. The Labute approximate surface area is 241 Å². The summed E-state index contributed by atoms with van der Waals surface area (Å²) in [5, 5.41) is 14.6. The van der Waals surface area contributed by atoms with Gasteiger partial charge >= 0.3 is 0 Å². The van der Waals surface area contributed by atoms with Gasteiger partial charge in [0.1, 0.15) is 16.9 Å². The Hall–Kier alpha value is -4.67. The number of methoxy groups -OCH3 is 1. The van der Waals surface area contributed by atoms with Crippen LogP contribution in [0.15, 0.2) is 140 Å². The molecule has 0 aliphatic heterocycles. The molecule has 0 aliphatic rings. The number of aromatic nitrogens is 2. The van der Waals surface area contributed by atoms with E-state index in [0.717, 1.165) is 38.8 Å². The minimum absolute atomic E-state index is 0.138. The van der Waals surface area contributed by atoms with Gasteiger partial charge in [-0.25, -0.2) is 4.98 Å². The van der Waals surface area contributed by atoms with Gasteiger partial charge in [0.05, 0.1) is 19.1 Å². The van der Waals surface area contributed by atoms with Crippen LogP contribution in [-0.4, -0.2) is 21.8 Å². The Morgan fingerprint density at radius 1 is 0.659 bits per heavy atom. The number of aliphatic hydroxyl groups is 1. The lowest BCUT2D eigenvalue weighted by atomic mass is 9.76. The van der Waals surface area contributed by atoms with Gasteiger partial charge in [-0.15, -0.1) is 0 Å². The van der Waals surface area contributed by atoms with Crippen LogP contribution in [0.5, 0.6) is 5.75 Å². The van der Waals surface area contributed by atoms with Crippen molar-refractivity contribution in [2.24, 2.45) is 5.92 Å². The van der Waals surface area contributed by atoms with Gasteiger partial charge in [0, 0.05) is 6.20 Å². The third-order valence-electron chi connectivity index (χ3n) is 8.26. The predicted molar refractivity (Wildman–Crippen MR) is 165 cm³/mol. The molecule has 0 aliphatic carbocycles. The average Bonchev–Trinajstić information content (AvgIpc) is 3.53. The number of rotatable bonds is 8. The Bertz CT molecular complexity index is 1660. The summed E-state index contributed by atoms with van der Waals surface area (Å²) in [6, 6.07) is 43.6. The molecule has 0 radical (unpaired) electrons. The van der Waals surface area contributed by atoms with Crippen LogP contribution in [0.1, 0.15) is 41.8 Å². The van der Waals surface area contributed by atoms with Gasteiger partial charge in [0.2, 0.25) is 0 Å². The SMILES string of the molecule is COc1ccc2cc(C(O)(c3cn(C(c4ccccc4)(c4ccccc4)c4ccccc4)cn3)C(C)C)ccc2c1. The third-order valence-corrected chi connectivity index (χ3v) is 8.26. The molecule has 5 aromatic carbocycles. The standard InChI is InChI=1S/C37H34N2O2/c1-27(2)37(40,33-21-19-29-24-34(41-3)22-20-28(29)23-33)35-25-39(26-38-35)36(30-13-7-4-8-14-30,31-15-9-5-10-16-31)32-17-11-6-12-18-32/h4-27,40H,1-3H3. The molecule has 1 heterocycles. The quantitative estimate of drug-likeness (QED) is 0.201. The van der Waals surface area contributed by atoms with Gasteiger partial charge in [0.15, 0.2) is 0 Å². The van der Waals surface area contributed by atoms with Crippen molar-refractivity contribution < 1.29 is 9.84 Å². The fourth-order valence-corrected chi connectivity index (χ4v) is 6.05. The topological polar surface area (TPSA) is 47.3 Å². The molecule has 1 N–H and O–H groups in total. The van der Waals surface area contributed by atoms with E-state index in [4.69, 9.17) is 9.72 Å². The van der Waals surface area contributed by atoms with E-state index in [0.29, 0.717) is 5.69 Å². The molecule has 0 bridgehead atoms. The number of hydrogen-bond donors (Lipinski definition) is 1. The first-order chi connectivity index (χ1) is 20.0. The number of ether oxygens (including phenoxy) is 1. The zero-order valence-electron chi connectivity index (χ0n) is 23.6. The molecule has 1 atom stereocenters. The highest BCUT2D eigenvalue weighted by Crippen LogP contribution is 2.43. The largest absolute Gasteiger partial charge is 0.497 e. The lowest BCUT2D eigenvalue weighted by molar-refractivity contribution is 0.0279. The molecule has 4 heteroatoms. The number of hydrogen-bond acceptors (Lipinski definition) is 3. The van der Waals surface area contributed by atoms with Crippen LogP contribution in [0, 0.1) is 5.92 Å². The van der Waals surface area contributed by atoms with E-state index in [1.165, 1.54) is 0 Å². The van der Waals surface area contributed by atoms with E-state index in [-0.39, 0.29) is 5.92 Å². The van der Waals surface area contributed by atoms with Gasteiger partial charge in [-0.1, -0.05) is 123 Å². The Morgan fingerprint density at radius 3 is 1.68 bits per heavy atom. The summed E-state index contributed by atoms with van der Waals surface area (Å²) in [6.45, 7) is 4.08. The highest BCUT2D eigenvalue weighted by atomic mass is 16.5. The second kappa shape index (κ2) is 10.7. The Balaban J connectivity index is 1.57. The van der Waals surface area contributed by atoms with E-state index in [9.17, 15) is 5.11 Å². The smallest absolute Gasteiger partial charge is 0.135 e. The van der Waals surface area contributed by atoms with Gasteiger partial charge in [-0.3, -0.25) is 0 Å². The normalized spacial score (nSPS) is 13.3. The number of imidazole rings is 1. The van der Waals surface area contributed by atoms with E-state index in [1.807, 2.05) is 74.9 Å². The fourth-order valence-electron chi connectivity index (χ4n) is 6.05. The maximum atomic E-state index is 12.5. The van der Waals surface area contributed by atoms with Crippen molar-refractivity contribution in [3.8, 4) is 5.75 Å². The van der Waals surface area contributed by atoms with Crippen molar-refractivity contribution in [3.05, 3.63) is 168 Å². The second-order valence-electron chi connectivity index (χ2n) is 10.8. The maximum absolute atomic E-state index is 12.5. The summed E-state index contributed by atoms with van der Waals surface area (Å²) in [6.07, 6.45) is 3.88. The molecule has 0 saturated carbocycles. The molecule has 0 fully saturated rings. The van der Waals surface area contributed by atoms with Crippen molar-refractivity contribution in [1.29, 1.82) is 0 Å². The average molecular weight is 539 g/mol. The number of nitrogens with zero attached hydrogens (tertiary/aromatic N) is 2. The maximum Gasteiger partial charge on any atom is 0.135 e. The first kappa shape index (κ1) is 26.5. The van der Waals surface area contributed by atoms with Crippen molar-refractivity contribution >= 4 is 10.8 Å². The molecule has 0 saturated heterocycles. The molecule has 1 unspecified atom stereocenters. The molecule has 41 heavy (non-hydrogen) atoms. The van der Waals surface area contributed by atoms with Gasteiger partial charge < -0.3 is 14.4 Å². The van der Waals surface area contributed by atoms with Gasteiger partial charge in [-0.2, -0.15) is 0 Å². The van der Waals surface area contributed by atoms with E-state index < -0.39 is 11.1 Å². The zero-order valence-corrected chi connectivity index (χ0v) is 23.6. The monoisotopic (exact) mass is 538 g/mol. The molecule has 6 aromatic rings. The fraction of sp³-hybridized carbons (Fsp3) is 0.162. The van der Waals surface area contributed by atoms with E-state index >= 15 is 0 Å². The summed E-state index contributed by atoms with van der Waals surface area (Å²) >= 11 is 0. The lowest BCUT2D eigenvalue weighted by Gasteiger charge is -2.37. The van der Waals surface area contributed by atoms with Crippen LogP contribution in [0.2, 0.25) is 0 Å². The van der Waals surface area contributed by atoms with Crippen molar-refractivity contribution in [2.45, 2.75) is 25.0 Å². The van der Waals surface area contributed by atoms with Crippen molar-refractivity contribution in [2.75, 3.05) is 7.11 Å². The van der Waals surface area contributed by atoms with Crippen LogP contribution >= 0.6 is 0 Å². The minimum Gasteiger partial charge on any atom is -0.497 e. The van der Waals surface area contributed by atoms with E-state index in [2.05, 4.69) is 83.4 Å². The number of fused-ring (bicyclic) bond motifs is 1. The first-order valence-corrected chi connectivity index (χ1v) is 14.0. The molecule has 204 valence electrons. The molecule has 0 spiro atoms. The molecule has 0 amide bonds. The minimum atomic E-state index is -1.31. The van der Waals surface area contributed by atoms with Gasteiger partial charge in [0.25, 0.3) is 0 Å². The Morgan fingerprint density at radius 2 is 1.17 bits per heavy atom. The lowest BCUT2D eigenvalue weighted by Crippen LogP contribution is -2.37. The summed E-state index contributed by atoms with van der Waals surface area (Å²) in [4.78, 5) is 4.93. The zero-order chi connectivity index (χ0) is 28.5. The molecule has 4 nitrogen and oxygen atoms in total. The van der Waals surface area contributed by atoms with Crippen LogP contribution < -0.4 is 4.74 Å². The molecule has 6 rings (SSSR count). The van der Waals surface area contributed by atoms with Crippen molar-refractivity contribution in [1.82, 2.24) is 9.55 Å². The van der Waals surface area contributed by atoms with E-state index in [1.54, 1.807) is 7.11 Å². The molecular weight excluding hydrogens is 504 g/mol. The highest BCUT2D eigenvalue weighted by molar-refractivity contribution is 5.85. The molecular formula is C37H34N2O2. The predicted octanol–water partition coefficient (Wildman–Crippen LogP) is 7.78. The first-order valence-electron chi connectivity index (χ1n) is 14.0. The van der Waals surface area contributed by atoms with Crippen LogP contribution in [-0.2, 0) is 11.1 Å². The third kappa shape index (κ3) is 4.41. The number of benzene rings is 5. The molecule has 1 aromatic heterocycles. The van der Waals surface area contributed by atoms with Crippen LogP contribution in [0.25, 0.3) is 10.8 Å². The van der Waals surface area contributed by atoms with Gasteiger partial charge in [-0.05, 0) is 57.1 Å². The highest BCUT2D eigenvalue weighted by Gasteiger charge is 2.42. The summed E-state index contributed by atoms with van der Waals surface area (Å²) < 4.78 is 7.56. The Kier molecular flexibility index (Phi) is 6.94. The summed E-state index contributed by atoms with van der Waals surface area (Å²) in [5.41, 5.74) is 2.71.